The fourth-order valence-electron chi connectivity index (χ4n) is 2.33. The third kappa shape index (κ3) is 2.62. The van der Waals surface area contributed by atoms with Gasteiger partial charge in [-0.1, -0.05) is 12.1 Å². The van der Waals surface area contributed by atoms with E-state index in [2.05, 4.69) is 26.2 Å². The van der Waals surface area contributed by atoms with Crippen LogP contribution < -0.4 is 5.32 Å². The molecule has 1 heterocycles. The molecule has 0 fully saturated rings. The Labute approximate surface area is 135 Å². The lowest BCUT2D eigenvalue weighted by Crippen LogP contribution is -2.16. The number of carbonyl (C=O) groups is 1. The van der Waals surface area contributed by atoms with E-state index in [0.717, 1.165) is 11.0 Å². The van der Waals surface area contributed by atoms with Gasteiger partial charge in [-0.3, -0.25) is 10.1 Å². The summed E-state index contributed by atoms with van der Waals surface area (Å²) in [5, 5.41) is 2.79. The zero-order valence-electron chi connectivity index (χ0n) is 11.8. The van der Waals surface area contributed by atoms with Gasteiger partial charge in [0, 0.05) is 11.0 Å². The largest absolute Gasteiger partial charge is 0.310 e. The van der Waals surface area contributed by atoms with Crippen LogP contribution in [0.15, 0.2) is 46.9 Å². The number of amides is 1. The number of aromatic nitrogens is 2. The summed E-state index contributed by atoms with van der Waals surface area (Å²) in [4.78, 5) is 16.8. The van der Waals surface area contributed by atoms with Crippen molar-refractivity contribution in [2.24, 2.45) is 0 Å². The summed E-state index contributed by atoms with van der Waals surface area (Å²) in [6, 6.07) is 11.6. The van der Waals surface area contributed by atoms with Crippen molar-refractivity contribution < 1.29 is 9.18 Å². The molecule has 4 nitrogen and oxygen atoms in total. The molecule has 0 spiro atoms. The number of para-hydroxylation sites is 2. The monoisotopic (exact) mass is 361 g/mol. The van der Waals surface area contributed by atoms with Crippen LogP contribution in [0, 0.1) is 5.82 Å². The van der Waals surface area contributed by atoms with Gasteiger partial charge in [-0.2, -0.15) is 0 Å². The molecule has 0 saturated heterocycles. The van der Waals surface area contributed by atoms with Crippen molar-refractivity contribution in [2.75, 3.05) is 5.32 Å². The van der Waals surface area contributed by atoms with Gasteiger partial charge in [-0.15, -0.1) is 0 Å². The summed E-state index contributed by atoms with van der Waals surface area (Å²) in [5.74, 6) is -0.258. The SMILES string of the molecule is CCn1c(NC(=O)c2ccc(F)cc2Br)nc2ccccc21. The van der Waals surface area contributed by atoms with E-state index in [1.807, 2.05) is 35.8 Å². The van der Waals surface area contributed by atoms with Gasteiger partial charge in [-0.05, 0) is 53.2 Å². The van der Waals surface area contributed by atoms with E-state index in [0.29, 0.717) is 22.5 Å². The molecule has 0 aliphatic heterocycles. The Hall–Kier alpha value is -2.21. The van der Waals surface area contributed by atoms with Gasteiger partial charge in [0.1, 0.15) is 5.82 Å². The number of benzene rings is 2. The van der Waals surface area contributed by atoms with Gasteiger partial charge < -0.3 is 4.57 Å². The van der Waals surface area contributed by atoms with E-state index in [1.165, 1.54) is 18.2 Å². The number of nitrogens with zero attached hydrogens (tertiary/aromatic N) is 2. The first-order chi connectivity index (χ1) is 10.6. The Balaban J connectivity index is 1.97. The number of anilines is 1. The smallest absolute Gasteiger partial charge is 0.259 e. The van der Waals surface area contributed by atoms with Gasteiger partial charge in [0.25, 0.3) is 5.91 Å². The third-order valence-electron chi connectivity index (χ3n) is 3.37. The first-order valence-corrected chi connectivity index (χ1v) is 7.61. The average Bonchev–Trinajstić information content (AvgIpc) is 2.83. The van der Waals surface area contributed by atoms with E-state index in [9.17, 15) is 9.18 Å². The summed E-state index contributed by atoms with van der Waals surface area (Å²) in [7, 11) is 0. The molecule has 0 bridgehead atoms. The second-order valence-electron chi connectivity index (χ2n) is 4.75. The van der Waals surface area contributed by atoms with Crippen molar-refractivity contribution in [1.82, 2.24) is 9.55 Å². The number of halogens is 2. The highest BCUT2D eigenvalue weighted by atomic mass is 79.9. The molecule has 6 heteroatoms. The summed E-state index contributed by atoms with van der Waals surface area (Å²) >= 11 is 3.20. The molecule has 1 aromatic heterocycles. The number of aryl methyl sites for hydroxylation is 1. The Morgan fingerprint density at radius 1 is 1.32 bits per heavy atom. The van der Waals surface area contributed by atoms with Crippen molar-refractivity contribution >= 4 is 38.8 Å². The maximum atomic E-state index is 13.1. The van der Waals surface area contributed by atoms with Crippen LogP contribution in [-0.2, 0) is 6.54 Å². The van der Waals surface area contributed by atoms with Crippen molar-refractivity contribution in [3.63, 3.8) is 0 Å². The molecule has 1 N–H and O–H groups in total. The Bertz CT molecular complexity index is 860. The van der Waals surface area contributed by atoms with Crippen LogP contribution in [0.2, 0.25) is 0 Å². The van der Waals surface area contributed by atoms with Crippen LogP contribution in [-0.4, -0.2) is 15.5 Å². The molecule has 0 aliphatic carbocycles. The molecular formula is C16H13BrFN3O. The first-order valence-electron chi connectivity index (χ1n) is 6.82. The fraction of sp³-hybridized carbons (Fsp3) is 0.125. The molecule has 0 radical (unpaired) electrons. The molecule has 0 unspecified atom stereocenters. The molecule has 112 valence electrons. The highest BCUT2D eigenvalue weighted by molar-refractivity contribution is 9.10. The number of hydrogen-bond acceptors (Lipinski definition) is 2. The van der Waals surface area contributed by atoms with Crippen LogP contribution in [0.25, 0.3) is 11.0 Å². The number of rotatable bonds is 3. The lowest BCUT2D eigenvalue weighted by atomic mass is 10.2. The van der Waals surface area contributed by atoms with E-state index < -0.39 is 5.82 Å². The average molecular weight is 362 g/mol. The quantitative estimate of drug-likeness (QED) is 0.759. The molecular weight excluding hydrogens is 349 g/mol. The van der Waals surface area contributed by atoms with Gasteiger partial charge in [0.15, 0.2) is 0 Å². The van der Waals surface area contributed by atoms with Crippen LogP contribution in [0.1, 0.15) is 17.3 Å². The topological polar surface area (TPSA) is 46.9 Å². The predicted molar refractivity (Wildman–Crippen MR) is 87.5 cm³/mol. The van der Waals surface area contributed by atoms with E-state index >= 15 is 0 Å². The van der Waals surface area contributed by atoms with Crippen molar-refractivity contribution in [3.8, 4) is 0 Å². The number of imidazole rings is 1. The maximum Gasteiger partial charge on any atom is 0.259 e. The van der Waals surface area contributed by atoms with E-state index in [4.69, 9.17) is 0 Å². The zero-order valence-corrected chi connectivity index (χ0v) is 13.4. The minimum Gasteiger partial charge on any atom is -0.310 e. The minimum atomic E-state index is -0.399. The molecule has 3 rings (SSSR count). The van der Waals surface area contributed by atoms with Crippen LogP contribution in [0.5, 0.6) is 0 Å². The number of hydrogen-bond donors (Lipinski definition) is 1. The first kappa shape index (κ1) is 14.7. The highest BCUT2D eigenvalue weighted by Gasteiger charge is 2.15. The Morgan fingerprint density at radius 2 is 2.09 bits per heavy atom. The summed E-state index contributed by atoms with van der Waals surface area (Å²) in [6.07, 6.45) is 0. The van der Waals surface area contributed by atoms with Crippen molar-refractivity contribution in [1.29, 1.82) is 0 Å². The fourth-order valence-corrected chi connectivity index (χ4v) is 2.86. The maximum absolute atomic E-state index is 13.1. The van der Waals surface area contributed by atoms with E-state index in [-0.39, 0.29) is 5.91 Å². The normalized spacial score (nSPS) is 10.9. The molecule has 0 saturated carbocycles. The Morgan fingerprint density at radius 3 is 2.82 bits per heavy atom. The number of carbonyl (C=O) groups excluding carboxylic acids is 1. The van der Waals surface area contributed by atoms with Gasteiger partial charge >= 0.3 is 0 Å². The number of nitrogens with one attached hydrogen (secondary N) is 1. The molecule has 22 heavy (non-hydrogen) atoms. The molecule has 3 aromatic rings. The standard InChI is InChI=1S/C16H13BrFN3O/c1-2-21-14-6-4-3-5-13(14)19-16(21)20-15(22)11-8-7-10(18)9-12(11)17/h3-9H,2H2,1H3,(H,19,20,22). The number of fused-ring (bicyclic) bond motifs is 1. The third-order valence-corrected chi connectivity index (χ3v) is 4.03. The Kier molecular flexibility index (Phi) is 3.94. The van der Waals surface area contributed by atoms with Crippen molar-refractivity contribution in [3.05, 3.63) is 58.3 Å². The van der Waals surface area contributed by atoms with Gasteiger partial charge in [0.05, 0.1) is 16.6 Å². The summed E-state index contributed by atoms with van der Waals surface area (Å²) in [6.45, 7) is 2.66. The minimum absolute atomic E-state index is 0.336. The summed E-state index contributed by atoms with van der Waals surface area (Å²) in [5.41, 5.74) is 2.13. The van der Waals surface area contributed by atoms with Gasteiger partial charge in [-0.25, -0.2) is 9.37 Å². The van der Waals surface area contributed by atoms with E-state index in [1.54, 1.807) is 0 Å². The zero-order chi connectivity index (χ0) is 15.7. The van der Waals surface area contributed by atoms with Crippen LogP contribution >= 0.6 is 15.9 Å². The van der Waals surface area contributed by atoms with Gasteiger partial charge in [0.2, 0.25) is 5.95 Å². The van der Waals surface area contributed by atoms with Crippen LogP contribution in [0.3, 0.4) is 0 Å². The lowest BCUT2D eigenvalue weighted by molar-refractivity contribution is 0.102. The second-order valence-corrected chi connectivity index (χ2v) is 5.60. The van der Waals surface area contributed by atoms with Crippen molar-refractivity contribution in [2.45, 2.75) is 13.5 Å². The predicted octanol–water partition coefficient (Wildman–Crippen LogP) is 4.21. The molecule has 0 atom stereocenters. The molecule has 2 aromatic carbocycles. The lowest BCUT2D eigenvalue weighted by Gasteiger charge is -2.08. The molecule has 0 aliphatic rings. The molecule has 1 amide bonds. The highest BCUT2D eigenvalue weighted by Crippen LogP contribution is 2.22. The second kappa shape index (κ2) is 5.88. The summed E-state index contributed by atoms with van der Waals surface area (Å²) < 4.78 is 15.4. The van der Waals surface area contributed by atoms with Crippen LogP contribution in [0.4, 0.5) is 10.3 Å².